The lowest BCUT2D eigenvalue weighted by molar-refractivity contribution is 0.0593. The lowest BCUT2D eigenvalue weighted by Gasteiger charge is -2.23. The molecule has 1 N–H and O–H groups in total. The third kappa shape index (κ3) is 1.73. The minimum atomic E-state index is -0.495. The van der Waals surface area contributed by atoms with E-state index in [4.69, 9.17) is 14.2 Å². The Morgan fingerprint density at radius 3 is 2.53 bits per heavy atom. The summed E-state index contributed by atoms with van der Waals surface area (Å²) in [6, 6.07) is 0. The van der Waals surface area contributed by atoms with Crippen LogP contribution in [0, 0.1) is 5.41 Å². The highest BCUT2D eigenvalue weighted by Crippen LogP contribution is 2.56. The van der Waals surface area contributed by atoms with E-state index in [9.17, 15) is 5.11 Å². The highest BCUT2D eigenvalue weighted by molar-refractivity contribution is 5.16. The van der Waals surface area contributed by atoms with E-state index in [0.29, 0.717) is 6.10 Å². The molecule has 19 heavy (non-hydrogen) atoms. The number of hydrogen-bond donors (Lipinski definition) is 1. The second-order valence-corrected chi connectivity index (χ2v) is 7.91. The van der Waals surface area contributed by atoms with Crippen LogP contribution in [0.2, 0.25) is 0 Å². The molecule has 4 heteroatoms. The Balaban J connectivity index is 1.59. The molecule has 4 aliphatic rings. The molecule has 4 nitrogen and oxygen atoms in total. The Morgan fingerprint density at radius 1 is 1.05 bits per heavy atom. The highest BCUT2D eigenvalue weighted by Gasteiger charge is 2.68. The Morgan fingerprint density at radius 2 is 1.79 bits per heavy atom. The molecular formula is C15H24O4. The molecule has 1 unspecified atom stereocenters. The molecule has 0 spiro atoms. The fourth-order valence-corrected chi connectivity index (χ4v) is 3.98. The van der Waals surface area contributed by atoms with Gasteiger partial charge in [0.25, 0.3) is 0 Å². The van der Waals surface area contributed by atoms with Crippen LogP contribution in [-0.4, -0.2) is 46.8 Å². The van der Waals surface area contributed by atoms with Crippen molar-refractivity contribution in [3.05, 3.63) is 0 Å². The number of aliphatic hydroxyl groups is 1. The van der Waals surface area contributed by atoms with Crippen LogP contribution in [0.3, 0.4) is 0 Å². The first kappa shape index (κ1) is 12.6. The monoisotopic (exact) mass is 268 g/mol. The minimum absolute atomic E-state index is 0.0177. The van der Waals surface area contributed by atoms with E-state index >= 15 is 0 Å². The van der Waals surface area contributed by atoms with Crippen molar-refractivity contribution < 1.29 is 19.3 Å². The van der Waals surface area contributed by atoms with E-state index < -0.39 is 11.7 Å². The van der Waals surface area contributed by atoms with Gasteiger partial charge in [-0.3, -0.25) is 0 Å². The van der Waals surface area contributed by atoms with Crippen LogP contribution in [0.5, 0.6) is 0 Å². The van der Waals surface area contributed by atoms with Crippen LogP contribution in [0.25, 0.3) is 0 Å². The SMILES string of the molecule is CC1(C)C[C@H]2O[C@]2(C)CC[C@H]2O[C@@]2(C)C(O)[C@@H]2O[C@@H]21. The Hall–Kier alpha value is -0.160. The first-order valence-corrected chi connectivity index (χ1v) is 7.45. The third-order valence-corrected chi connectivity index (χ3v) is 5.82. The van der Waals surface area contributed by atoms with Gasteiger partial charge in [0.15, 0.2) is 0 Å². The molecule has 4 rings (SSSR count). The molecular weight excluding hydrogens is 244 g/mol. The summed E-state index contributed by atoms with van der Waals surface area (Å²) < 4.78 is 17.5. The third-order valence-electron chi connectivity index (χ3n) is 5.82. The zero-order valence-corrected chi connectivity index (χ0v) is 12.2. The lowest BCUT2D eigenvalue weighted by atomic mass is 9.79. The molecule has 0 aromatic carbocycles. The van der Waals surface area contributed by atoms with Crippen molar-refractivity contribution in [3.8, 4) is 0 Å². The summed E-state index contributed by atoms with van der Waals surface area (Å²) in [6.07, 6.45) is 3.09. The molecule has 0 aromatic rings. The van der Waals surface area contributed by atoms with Crippen molar-refractivity contribution in [2.45, 2.75) is 88.7 Å². The van der Waals surface area contributed by atoms with Gasteiger partial charge in [0.1, 0.15) is 17.8 Å². The van der Waals surface area contributed by atoms with Crippen LogP contribution in [0.15, 0.2) is 0 Å². The Bertz CT molecular complexity index is 422. The number of fused-ring (bicyclic) bond motifs is 3. The second-order valence-electron chi connectivity index (χ2n) is 7.91. The zero-order chi connectivity index (χ0) is 13.6. The molecule has 4 fully saturated rings. The van der Waals surface area contributed by atoms with Gasteiger partial charge in [0.2, 0.25) is 0 Å². The molecule has 7 atom stereocenters. The van der Waals surface area contributed by atoms with Crippen LogP contribution in [0.1, 0.15) is 47.0 Å². The lowest BCUT2D eigenvalue weighted by Crippen LogP contribution is -2.37. The normalized spacial score (nSPS) is 62.1. The van der Waals surface area contributed by atoms with Crippen molar-refractivity contribution >= 4 is 0 Å². The Labute approximate surface area is 114 Å². The van der Waals surface area contributed by atoms with Crippen molar-refractivity contribution in [1.82, 2.24) is 0 Å². The summed E-state index contributed by atoms with van der Waals surface area (Å²) in [5.41, 5.74) is -0.330. The topological polar surface area (TPSA) is 57.8 Å². The average molecular weight is 268 g/mol. The molecule has 1 aliphatic carbocycles. The van der Waals surface area contributed by atoms with Crippen LogP contribution < -0.4 is 0 Å². The number of rotatable bonds is 0. The molecule has 108 valence electrons. The van der Waals surface area contributed by atoms with Gasteiger partial charge in [0, 0.05) is 0 Å². The van der Waals surface area contributed by atoms with E-state index in [1.807, 2.05) is 6.92 Å². The fraction of sp³-hybridized carbons (Fsp3) is 1.00. The molecule has 0 amide bonds. The molecule has 3 aliphatic heterocycles. The maximum absolute atomic E-state index is 10.5. The van der Waals surface area contributed by atoms with Crippen LogP contribution in [0.4, 0.5) is 0 Å². The van der Waals surface area contributed by atoms with E-state index in [2.05, 4.69) is 20.8 Å². The van der Waals surface area contributed by atoms with Crippen LogP contribution >= 0.6 is 0 Å². The summed E-state index contributed by atoms with van der Waals surface area (Å²) >= 11 is 0. The number of epoxide rings is 3. The number of ether oxygens (including phenoxy) is 3. The van der Waals surface area contributed by atoms with Gasteiger partial charge in [-0.15, -0.1) is 0 Å². The van der Waals surface area contributed by atoms with Gasteiger partial charge in [-0.1, -0.05) is 13.8 Å². The molecule has 3 saturated heterocycles. The molecule has 0 bridgehead atoms. The molecule has 0 radical (unpaired) electrons. The van der Waals surface area contributed by atoms with E-state index in [1.54, 1.807) is 0 Å². The quantitative estimate of drug-likeness (QED) is 0.679. The summed E-state index contributed by atoms with van der Waals surface area (Å²) in [5.74, 6) is 0. The summed E-state index contributed by atoms with van der Waals surface area (Å²) in [4.78, 5) is 0. The Kier molecular flexibility index (Phi) is 2.22. The highest BCUT2D eigenvalue weighted by atomic mass is 16.6. The van der Waals surface area contributed by atoms with Gasteiger partial charge < -0.3 is 19.3 Å². The predicted molar refractivity (Wildman–Crippen MR) is 68.9 cm³/mol. The smallest absolute Gasteiger partial charge is 0.120 e. The number of aliphatic hydroxyl groups excluding tert-OH is 1. The number of hydrogen-bond acceptors (Lipinski definition) is 4. The van der Waals surface area contributed by atoms with E-state index in [-0.39, 0.29) is 29.3 Å². The zero-order valence-electron chi connectivity index (χ0n) is 12.2. The summed E-state index contributed by atoms with van der Waals surface area (Å²) in [6.45, 7) is 8.66. The minimum Gasteiger partial charge on any atom is -0.387 e. The van der Waals surface area contributed by atoms with Gasteiger partial charge >= 0.3 is 0 Å². The maximum atomic E-state index is 10.5. The van der Waals surface area contributed by atoms with Crippen molar-refractivity contribution in [1.29, 1.82) is 0 Å². The fourth-order valence-electron chi connectivity index (χ4n) is 3.98. The largest absolute Gasteiger partial charge is 0.387 e. The van der Waals surface area contributed by atoms with Crippen molar-refractivity contribution in [3.63, 3.8) is 0 Å². The first-order valence-electron chi connectivity index (χ1n) is 7.45. The van der Waals surface area contributed by atoms with Gasteiger partial charge in [0.05, 0.1) is 23.9 Å². The predicted octanol–water partition coefficient (Wildman–Crippen LogP) is 1.64. The average Bonchev–Trinajstić information content (AvgIpc) is 3.17. The maximum Gasteiger partial charge on any atom is 0.120 e. The second kappa shape index (κ2) is 3.35. The van der Waals surface area contributed by atoms with E-state index in [0.717, 1.165) is 19.3 Å². The van der Waals surface area contributed by atoms with Gasteiger partial charge in [-0.2, -0.15) is 0 Å². The summed E-state index contributed by atoms with van der Waals surface area (Å²) in [5, 5.41) is 10.5. The molecule has 3 heterocycles. The van der Waals surface area contributed by atoms with Crippen molar-refractivity contribution in [2.24, 2.45) is 5.41 Å². The van der Waals surface area contributed by atoms with Crippen molar-refractivity contribution in [2.75, 3.05) is 0 Å². The van der Waals surface area contributed by atoms with E-state index in [1.165, 1.54) is 0 Å². The van der Waals surface area contributed by atoms with Gasteiger partial charge in [-0.05, 0) is 38.5 Å². The molecule has 0 aromatic heterocycles. The van der Waals surface area contributed by atoms with Crippen LogP contribution in [-0.2, 0) is 14.2 Å². The standard InChI is InChI=1S/C15H24O4/c1-13(2)7-9-14(3,18-9)6-5-8-15(4,19-8)11(16)10-12(13)17-10/h8-12,16H,5-7H2,1-4H3/t8-,9-,10+,11?,12+,14-,15-/m1/s1. The summed E-state index contributed by atoms with van der Waals surface area (Å²) in [7, 11) is 0. The molecule has 1 saturated carbocycles. The first-order chi connectivity index (χ1) is 8.76. The van der Waals surface area contributed by atoms with Gasteiger partial charge in [-0.25, -0.2) is 0 Å².